The molecule has 0 saturated heterocycles. The van der Waals surface area contributed by atoms with Gasteiger partial charge in [0.1, 0.15) is 29.7 Å². The van der Waals surface area contributed by atoms with E-state index in [0.29, 0.717) is 24.4 Å². The second kappa shape index (κ2) is 14.2. The van der Waals surface area contributed by atoms with Gasteiger partial charge in [-0.05, 0) is 24.6 Å². The molecule has 15 heteroatoms. The Kier molecular flexibility index (Phi) is 11.7. The number of ether oxygens (including phenoxy) is 4. The molecule has 0 radical (unpaired) electrons. The third kappa shape index (κ3) is 10.6. The van der Waals surface area contributed by atoms with Crippen LogP contribution >= 0.6 is 11.6 Å². The lowest BCUT2D eigenvalue weighted by atomic mass is 10.2. The molecule has 0 spiro atoms. The van der Waals surface area contributed by atoms with Crippen LogP contribution in [0.4, 0.5) is 18.0 Å². The number of unbranched alkanes of at least 4 members (excludes halogenated alkanes) is 2. The number of hydrogen-bond acceptors (Lipinski definition) is 8. The largest absolute Gasteiger partial charge is 0.491 e. The molecule has 2 rings (SSSR count). The monoisotopic (exact) mass is 569 g/mol. The van der Waals surface area contributed by atoms with E-state index in [1.54, 1.807) is 4.72 Å². The zero-order valence-electron chi connectivity index (χ0n) is 20.1. The third-order valence-corrected chi connectivity index (χ3v) is 5.88. The maximum Gasteiger partial charge on any atom is 0.422 e. The molecule has 0 aliphatic heterocycles. The van der Waals surface area contributed by atoms with Gasteiger partial charge >= 0.3 is 22.5 Å². The van der Waals surface area contributed by atoms with Gasteiger partial charge in [-0.15, -0.1) is 0 Å². The SMILES string of the molecule is CCCCCNS(=O)(=O)NC(=O)OCc1ccc(OCCOC)cc1Oc1ncc(C(F)(F)F)cc1Cl. The van der Waals surface area contributed by atoms with Crippen LogP contribution in [-0.2, 0) is 32.5 Å². The molecule has 1 heterocycles. The Hall–Kier alpha value is -2.81. The van der Waals surface area contributed by atoms with Crippen molar-refractivity contribution in [3.63, 3.8) is 0 Å². The summed E-state index contributed by atoms with van der Waals surface area (Å²) >= 11 is 5.94. The van der Waals surface area contributed by atoms with Crippen molar-refractivity contribution in [3.8, 4) is 17.4 Å². The molecule has 0 saturated carbocycles. The molecule has 0 bridgehead atoms. The van der Waals surface area contributed by atoms with E-state index in [1.165, 1.54) is 25.3 Å². The minimum Gasteiger partial charge on any atom is -0.491 e. The fraction of sp³-hybridized carbons (Fsp3) is 0.455. The summed E-state index contributed by atoms with van der Waals surface area (Å²) in [6.07, 6.45) is -3.03. The number of aromatic nitrogens is 1. The summed E-state index contributed by atoms with van der Waals surface area (Å²) in [5, 5.41) is -0.412. The highest BCUT2D eigenvalue weighted by Crippen LogP contribution is 2.36. The fourth-order valence-electron chi connectivity index (χ4n) is 2.74. The van der Waals surface area contributed by atoms with E-state index in [-0.39, 0.29) is 37.0 Å². The normalized spacial score (nSPS) is 11.7. The summed E-state index contributed by atoms with van der Waals surface area (Å²) in [5.74, 6) is -0.0344. The number of carbonyl (C=O) groups is 1. The van der Waals surface area contributed by atoms with E-state index >= 15 is 0 Å². The molecule has 0 aliphatic carbocycles. The van der Waals surface area contributed by atoms with E-state index in [2.05, 4.69) is 9.71 Å². The van der Waals surface area contributed by atoms with Crippen LogP contribution in [-0.4, -0.2) is 46.4 Å². The van der Waals surface area contributed by atoms with Crippen LogP contribution < -0.4 is 18.9 Å². The van der Waals surface area contributed by atoms with Crippen LogP contribution in [0.2, 0.25) is 5.02 Å². The highest BCUT2D eigenvalue weighted by atomic mass is 35.5. The Morgan fingerprint density at radius 1 is 1.16 bits per heavy atom. The average Bonchev–Trinajstić information content (AvgIpc) is 2.82. The smallest absolute Gasteiger partial charge is 0.422 e. The second-order valence-electron chi connectivity index (χ2n) is 7.50. The molecule has 37 heavy (non-hydrogen) atoms. The Labute approximate surface area is 217 Å². The Balaban J connectivity index is 2.16. The van der Waals surface area contributed by atoms with E-state index < -0.39 is 39.7 Å². The van der Waals surface area contributed by atoms with E-state index in [0.717, 1.165) is 12.8 Å². The highest BCUT2D eigenvalue weighted by molar-refractivity contribution is 7.88. The zero-order chi connectivity index (χ0) is 27.5. The minimum atomic E-state index is -4.65. The van der Waals surface area contributed by atoms with Gasteiger partial charge in [0.25, 0.3) is 0 Å². The summed E-state index contributed by atoms with van der Waals surface area (Å²) in [4.78, 5) is 15.7. The summed E-state index contributed by atoms with van der Waals surface area (Å²) in [5.41, 5.74) is -0.841. The van der Waals surface area contributed by atoms with Crippen LogP contribution in [0.5, 0.6) is 17.4 Å². The highest BCUT2D eigenvalue weighted by Gasteiger charge is 2.32. The lowest BCUT2D eigenvalue weighted by molar-refractivity contribution is -0.137. The lowest BCUT2D eigenvalue weighted by Gasteiger charge is -2.15. The first-order chi connectivity index (χ1) is 17.4. The number of amides is 1. The number of nitrogens with zero attached hydrogens (tertiary/aromatic N) is 1. The Morgan fingerprint density at radius 2 is 1.92 bits per heavy atom. The van der Waals surface area contributed by atoms with Crippen LogP contribution in [0.15, 0.2) is 30.5 Å². The number of carbonyl (C=O) groups excluding carboxylic acids is 1. The number of pyridine rings is 1. The first-order valence-electron chi connectivity index (χ1n) is 11.0. The van der Waals surface area contributed by atoms with Crippen molar-refractivity contribution in [1.29, 1.82) is 0 Å². The quantitative estimate of drug-likeness (QED) is 0.310. The number of alkyl halides is 3. The number of benzene rings is 1. The molecule has 0 atom stereocenters. The Morgan fingerprint density at radius 3 is 2.57 bits per heavy atom. The molecule has 0 fully saturated rings. The number of hydrogen-bond donors (Lipinski definition) is 2. The van der Waals surface area contributed by atoms with Gasteiger partial charge in [-0.3, -0.25) is 0 Å². The van der Waals surface area contributed by atoms with Gasteiger partial charge in [-0.2, -0.15) is 26.3 Å². The predicted molar refractivity (Wildman–Crippen MR) is 128 cm³/mol. The van der Waals surface area contributed by atoms with Gasteiger partial charge in [-0.1, -0.05) is 31.4 Å². The number of nitrogens with one attached hydrogen (secondary N) is 2. The maximum absolute atomic E-state index is 12.9. The molecule has 1 amide bonds. The number of methoxy groups -OCH3 is 1. The van der Waals surface area contributed by atoms with Crippen LogP contribution in [0.3, 0.4) is 0 Å². The van der Waals surface area contributed by atoms with E-state index in [9.17, 15) is 26.4 Å². The van der Waals surface area contributed by atoms with Crippen molar-refractivity contribution in [2.45, 2.75) is 39.0 Å². The van der Waals surface area contributed by atoms with Crippen molar-refractivity contribution in [2.75, 3.05) is 26.9 Å². The summed E-state index contributed by atoms with van der Waals surface area (Å²) in [6.45, 7) is 2.13. The fourth-order valence-corrected chi connectivity index (χ4v) is 3.71. The van der Waals surface area contributed by atoms with Crippen molar-refractivity contribution in [2.24, 2.45) is 0 Å². The first-order valence-corrected chi connectivity index (χ1v) is 12.9. The molecule has 1 aromatic carbocycles. The van der Waals surface area contributed by atoms with Crippen molar-refractivity contribution < 1.29 is 45.3 Å². The van der Waals surface area contributed by atoms with Gasteiger partial charge in [0.05, 0.1) is 12.2 Å². The topological polar surface area (TPSA) is 125 Å². The number of rotatable bonds is 14. The first kappa shape index (κ1) is 30.4. The molecule has 2 aromatic rings. The van der Waals surface area contributed by atoms with Crippen molar-refractivity contribution in [3.05, 3.63) is 46.6 Å². The average molecular weight is 570 g/mol. The van der Waals surface area contributed by atoms with Gasteiger partial charge in [-0.25, -0.2) is 14.5 Å². The summed E-state index contributed by atoms with van der Waals surface area (Å²) in [6, 6.07) is 5.02. The molecule has 2 N–H and O–H groups in total. The van der Waals surface area contributed by atoms with Crippen molar-refractivity contribution in [1.82, 2.24) is 14.4 Å². The van der Waals surface area contributed by atoms with Gasteiger partial charge in [0.15, 0.2) is 0 Å². The van der Waals surface area contributed by atoms with Gasteiger partial charge in [0.2, 0.25) is 5.88 Å². The van der Waals surface area contributed by atoms with Crippen LogP contribution in [0.1, 0.15) is 37.3 Å². The molecule has 10 nitrogen and oxygen atoms in total. The third-order valence-electron chi connectivity index (χ3n) is 4.59. The summed E-state index contributed by atoms with van der Waals surface area (Å²) < 4.78 is 87.6. The van der Waals surface area contributed by atoms with E-state index in [4.69, 9.17) is 30.5 Å². The molecule has 206 valence electrons. The van der Waals surface area contributed by atoms with Gasteiger partial charge < -0.3 is 18.9 Å². The number of halogens is 4. The minimum absolute atomic E-state index is 0.00239. The maximum atomic E-state index is 12.9. The zero-order valence-corrected chi connectivity index (χ0v) is 21.6. The van der Waals surface area contributed by atoms with Crippen LogP contribution in [0.25, 0.3) is 0 Å². The molecule has 1 aromatic heterocycles. The Bertz CT molecular complexity index is 1150. The molecular weight excluding hydrogens is 543 g/mol. The molecule has 0 unspecified atom stereocenters. The summed E-state index contributed by atoms with van der Waals surface area (Å²) in [7, 11) is -2.63. The van der Waals surface area contributed by atoms with Gasteiger partial charge in [0, 0.05) is 31.5 Å². The van der Waals surface area contributed by atoms with Crippen molar-refractivity contribution >= 4 is 27.9 Å². The second-order valence-corrected chi connectivity index (χ2v) is 9.41. The molecule has 0 aliphatic rings. The lowest BCUT2D eigenvalue weighted by Crippen LogP contribution is -2.40. The molecular formula is C22H27ClF3N3O7S. The van der Waals surface area contributed by atoms with Crippen LogP contribution in [0, 0.1) is 0 Å². The van der Waals surface area contributed by atoms with E-state index in [1.807, 2.05) is 6.92 Å². The predicted octanol–water partition coefficient (Wildman–Crippen LogP) is 4.82. The standard InChI is InChI=1S/C22H27ClF3N3O7S/c1-3-4-5-8-28-37(31,32)29-21(30)35-14-15-6-7-17(34-10-9-33-2)12-19(15)36-20-18(23)11-16(13-27-20)22(24,25)26/h6-7,11-13,28H,3-5,8-10,14H2,1-2H3,(H,29,30).